The number of rotatable bonds is 3. The smallest absolute Gasteiger partial charge is 0.0714 e. The minimum absolute atomic E-state index is 0.192. The molecule has 0 heterocycles. The molecular formula is C9H23ClNPS. The predicted molar refractivity (Wildman–Crippen MR) is 70.3 cm³/mol. The molecule has 0 aliphatic carbocycles. The molecule has 0 aromatic carbocycles. The van der Waals surface area contributed by atoms with Crippen LogP contribution in [0.25, 0.3) is 0 Å². The molecule has 0 aliphatic heterocycles. The van der Waals surface area contributed by atoms with Gasteiger partial charge in [0.15, 0.2) is 0 Å². The fourth-order valence-corrected chi connectivity index (χ4v) is 8.91. The van der Waals surface area contributed by atoms with Gasteiger partial charge in [-0.3, -0.25) is 0 Å². The highest BCUT2D eigenvalue weighted by Gasteiger charge is 2.33. The van der Waals surface area contributed by atoms with Crippen molar-refractivity contribution in [2.45, 2.75) is 33.2 Å². The van der Waals surface area contributed by atoms with E-state index in [9.17, 15) is 0 Å². The molecule has 0 fully saturated rings. The number of hydrogen-bond acceptors (Lipinski definition) is 1. The first-order chi connectivity index (χ1) is 5.60. The SMILES string of the molecule is CCP(Cl)N(C(C)(C)C)S(C)(C)C. The van der Waals surface area contributed by atoms with E-state index >= 15 is 0 Å². The van der Waals surface area contributed by atoms with Crippen LogP contribution in [0.5, 0.6) is 0 Å². The maximum absolute atomic E-state index is 6.41. The largest absolute Gasteiger partial charge is 0.227 e. The second-order valence-electron chi connectivity index (χ2n) is 4.87. The molecule has 0 aromatic rings. The summed E-state index contributed by atoms with van der Waals surface area (Å²) in [5, 5.41) is 0. The van der Waals surface area contributed by atoms with Gasteiger partial charge in [0.05, 0.1) is 7.43 Å². The Kier molecular flexibility index (Phi) is 5.07. The average Bonchev–Trinajstić information content (AvgIpc) is 1.80. The molecule has 0 amide bonds. The molecule has 82 valence electrons. The Hall–Kier alpha value is 1.03. The van der Waals surface area contributed by atoms with Crippen LogP contribution in [0.15, 0.2) is 0 Å². The Morgan fingerprint density at radius 1 is 1.23 bits per heavy atom. The van der Waals surface area contributed by atoms with E-state index in [4.69, 9.17) is 11.2 Å². The molecule has 0 spiro atoms. The Bertz CT molecular complexity index is 148. The molecule has 0 rings (SSSR count). The van der Waals surface area contributed by atoms with Gasteiger partial charge in [-0.25, -0.2) is 4.08 Å². The summed E-state index contributed by atoms with van der Waals surface area (Å²) >= 11 is 6.41. The molecule has 0 saturated carbocycles. The van der Waals surface area contributed by atoms with Crippen LogP contribution >= 0.6 is 28.9 Å². The third-order valence-electron chi connectivity index (χ3n) is 1.55. The lowest BCUT2D eigenvalue weighted by Gasteiger charge is -2.50. The van der Waals surface area contributed by atoms with Gasteiger partial charge in [-0.05, 0) is 45.7 Å². The second-order valence-corrected chi connectivity index (χ2v) is 11.9. The van der Waals surface area contributed by atoms with Gasteiger partial charge in [-0.2, -0.15) is 10.2 Å². The van der Waals surface area contributed by atoms with Crippen LogP contribution in [0.3, 0.4) is 0 Å². The first kappa shape index (κ1) is 14.0. The predicted octanol–water partition coefficient (Wildman–Crippen LogP) is 4.27. The molecule has 4 heteroatoms. The number of nitrogens with zero attached hydrogens (tertiary/aromatic N) is 1. The minimum Gasteiger partial charge on any atom is -0.227 e. The summed E-state index contributed by atoms with van der Waals surface area (Å²) < 4.78 is 2.51. The zero-order valence-electron chi connectivity index (χ0n) is 9.89. The Balaban J connectivity index is 4.78. The fourth-order valence-electron chi connectivity index (χ4n) is 1.54. The van der Waals surface area contributed by atoms with Crippen molar-refractivity contribution in [3.05, 3.63) is 0 Å². The van der Waals surface area contributed by atoms with E-state index in [0.717, 1.165) is 6.16 Å². The molecule has 0 radical (unpaired) electrons. The van der Waals surface area contributed by atoms with E-state index in [2.05, 4.69) is 50.5 Å². The summed E-state index contributed by atoms with van der Waals surface area (Å²) in [6.07, 6.45) is 8.00. The third-order valence-corrected chi connectivity index (χ3v) is 8.15. The van der Waals surface area contributed by atoms with Gasteiger partial charge in [0.2, 0.25) is 0 Å². The summed E-state index contributed by atoms with van der Waals surface area (Å²) in [4.78, 5) is 0. The van der Waals surface area contributed by atoms with Gasteiger partial charge in [0.25, 0.3) is 0 Å². The van der Waals surface area contributed by atoms with Gasteiger partial charge in [-0.15, -0.1) is 0 Å². The maximum atomic E-state index is 6.41. The van der Waals surface area contributed by atoms with E-state index in [1.807, 2.05) is 0 Å². The van der Waals surface area contributed by atoms with Crippen LogP contribution in [0.1, 0.15) is 27.7 Å². The van der Waals surface area contributed by atoms with Gasteiger partial charge in [-0.1, -0.05) is 18.2 Å². The average molecular weight is 244 g/mol. The summed E-state index contributed by atoms with van der Waals surface area (Å²) in [6.45, 7) is 8.92. The number of halogens is 1. The van der Waals surface area contributed by atoms with Crippen molar-refractivity contribution in [2.75, 3.05) is 24.9 Å². The van der Waals surface area contributed by atoms with E-state index < -0.39 is 17.6 Å². The molecule has 0 bridgehead atoms. The molecule has 1 atom stereocenters. The summed E-state index contributed by atoms with van der Waals surface area (Å²) in [6, 6.07) is 0. The fraction of sp³-hybridized carbons (Fsp3) is 1.00. The highest BCUT2D eigenvalue weighted by Crippen LogP contribution is 2.62. The van der Waals surface area contributed by atoms with E-state index in [1.54, 1.807) is 0 Å². The van der Waals surface area contributed by atoms with Gasteiger partial charge < -0.3 is 0 Å². The molecule has 0 N–H and O–H groups in total. The Morgan fingerprint density at radius 2 is 1.62 bits per heavy atom. The van der Waals surface area contributed by atoms with Crippen LogP contribution in [-0.2, 0) is 0 Å². The van der Waals surface area contributed by atoms with Crippen molar-refractivity contribution >= 4 is 28.9 Å². The van der Waals surface area contributed by atoms with Crippen LogP contribution in [-0.4, -0.2) is 34.5 Å². The van der Waals surface area contributed by atoms with Crippen LogP contribution in [0.2, 0.25) is 0 Å². The monoisotopic (exact) mass is 243 g/mol. The van der Waals surface area contributed by atoms with Gasteiger partial charge in [0, 0.05) is 5.54 Å². The highest BCUT2D eigenvalue weighted by atomic mass is 35.7. The van der Waals surface area contributed by atoms with E-state index in [1.165, 1.54) is 0 Å². The van der Waals surface area contributed by atoms with Gasteiger partial charge in [0.1, 0.15) is 0 Å². The second kappa shape index (κ2) is 4.70. The third kappa shape index (κ3) is 4.38. The van der Waals surface area contributed by atoms with Crippen LogP contribution < -0.4 is 0 Å². The Morgan fingerprint density at radius 3 is 1.69 bits per heavy atom. The first-order valence-corrected chi connectivity index (χ1v) is 9.72. The van der Waals surface area contributed by atoms with Crippen molar-refractivity contribution in [1.29, 1.82) is 0 Å². The standard InChI is InChI=1S/C9H23ClNPS/c1-8-12(10)11(9(2,3)4)13(5,6)7/h8H2,1-7H3. The maximum Gasteiger partial charge on any atom is 0.0714 e. The topological polar surface area (TPSA) is 3.24 Å². The summed E-state index contributed by atoms with van der Waals surface area (Å²) in [5.74, 6) is 0. The Labute approximate surface area is 91.3 Å². The van der Waals surface area contributed by atoms with Crippen molar-refractivity contribution < 1.29 is 0 Å². The van der Waals surface area contributed by atoms with Crippen molar-refractivity contribution in [2.24, 2.45) is 0 Å². The molecule has 0 aliphatic rings. The normalized spacial score (nSPS) is 17.6. The van der Waals surface area contributed by atoms with Crippen molar-refractivity contribution in [3.63, 3.8) is 0 Å². The zero-order chi connectivity index (χ0) is 10.9. The molecule has 1 nitrogen and oxygen atoms in total. The molecular weight excluding hydrogens is 221 g/mol. The quantitative estimate of drug-likeness (QED) is 0.670. The lowest BCUT2D eigenvalue weighted by molar-refractivity contribution is 0.399. The molecule has 1 unspecified atom stereocenters. The minimum atomic E-state index is -0.704. The summed E-state index contributed by atoms with van der Waals surface area (Å²) in [5.41, 5.74) is 0.192. The zero-order valence-corrected chi connectivity index (χ0v) is 12.4. The van der Waals surface area contributed by atoms with Gasteiger partial charge >= 0.3 is 0 Å². The molecule has 13 heavy (non-hydrogen) atoms. The van der Waals surface area contributed by atoms with Crippen molar-refractivity contribution in [3.8, 4) is 0 Å². The lowest BCUT2D eigenvalue weighted by atomic mass is 10.1. The molecule has 0 saturated heterocycles. The molecule has 0 aromatic heterocycles. The highest BCUT2D eigenvalue weighted by molar-refractivity contribution is 8.33. The van der Waals surface area contributed by atoms with Crippen LogP contribution in [0.4, 0.5) is 0 Å². The summed E-state index contributed by atoms with van der Waals surface area (Å²) in [7, 11) is -1.18. The van der Waals surface area contributed by atoms with E-state index in [0.29, 0.717) is 0 Å². The van der Waals surface area contributed by atoms with Crippen LogP contribution in [0, 0.1) is 0 Å². The van der Waals surface area contributed by atoms with E-state index in [-0.39, 0.29) is 5.54 Å². The number of hydrogen-bond donors (Lipinski definition) is 0. The van der Waals surface area contributed by atoms with Crippen molar-refractivity contribution in [1.82, 2.24) is 4.08 Å². The lowest BCUT2D eigenvalue weighted by Crippen LogP contribution is -2.37. The first-order valence-electron chi connectivity index (χ1n) is 4.52.